The topological polar surface area (TPSA) is 68.5 Å². The van der Waals surface area contributed by atoms with Gasteiger partial charge in [-0.1, -0.05) is 17.7 Å². The summed E-state index contributed by atoms with van der Waals surface area (Å²) in [6.45, 7) is 2.74. The van der Waals surface area contributed by atoms with E-state index >= 15 is 0 Å². The number of benzene rings is 1. The molecule has 0 spiro atoms. The Morgan fingerprint density at radius 1 is 1.48 bits per heavy atom. The van der Waals surface area contributed by atoms with Crippen molar-refractivity contribution in [2.45, 2.75) is 19.4 Å². The summed E-state index contributed by atoms with van der Waals surface area (Å²) >= 11 is 5.97. The molecule has 0 radical (unpaired) electrons. The number of halogens is 2. The van der Waals surface area contributed by atoms with Gasteiger partial charge in [0.15, 0.2) is 6.10 Å². The van der Waals surface area contributed by atoms with E-state index in [9.17, 15) is 9.18 Å². The van der Waals surface area contributed by atoms with Crippen molar-refractivity contribution in [1.82, 2.24) is 15.1 Å². The van der Waals surface area contributed by atoms with E-state index in [1.165, 1.54) is 12.1 Å². The number of carbonyl (C=O) groups is 1. The molecule has 6 nitrogen and oxygen atoms in total. The van der Waals surface area contributed by atoms with Crippen LogP contribution >= 0.6 is 11.6 Å². The summed E-state index contributed by atoms with van der Waals surface area (Å²) in [5, 5.41) is 7.92. The molecule has 2 heterocycles. The second-order valence-electron chi connectivity index (χ2n) is 5.24. The van der Waals surface area contributed by atoms with E-state index in [4.69, 9.17) is 20.8 Å². The molecule has 1 aromatic heterocycles. The van der Waals surface area contributed by atoms with Gasteiger partial charge in [0, 0.05) is 24.1 Å². The first-order valence-electron chi connectivity index (χ1n) is 7.17. The quantitative estimate of drug-likeness (QED) is 0.858. The summed E-state index contributed by atoms with van der Waals surface area (Å²) in [6, 6.07) is 4.36. The number of carbonyl (C=O) groups excluding carboxylic acids is 1. The number of hydrogen-bond acceptors (Lipinski definition) is 5. The number of morpholine rings is 1. The second kappa shape index (κ2) is 6.64. The third kappa shape index (κ3) is 3.51. The van der Waals surface area contributed by atoms with Crippen molar-refractivity contribution in [2.75, 3.05) is 19.7 Å². The summed E-state index contributed by atoms with van der Waals surface area (Å²) in [7, 11) is 0. The molecular formula is C15H15ClFN3O3. The summed E-state index contributed by atoms with van der Waals surface area (Å²) in [5.74, 6) is 0.0684. The Hall–Kier alpha value is -1.99. The minimum atomic E-state index is -0.483. The lowest BCUT2D eigenvalue weighted by Crippen LogP contribution is -2.43. The predicted molar refractivity (Wildman–Crippen MR) is 79.4 cm³/mol. The summed E-state index contributed by atoms with van der Waals surface area (Å²) in [6.07, 6.45) is -0.564. The van der Waals surface area contributed by atoms with Gasteiger partial charge in [0.1, 0.15) is 5.82 Å². The molecule has 1 saturated heterocycles. The number of ether oxygens (including phenoxy) is 1. The lowest BCUT2D eigenvalue weighted by Gasteiger charge is -2.31. The van der Waals surface area contributed by atoms with Crippen LogP contribution < -0.4 is 0 Å². The molecule has 3 rings (SSSR count). The first kappa shape index (κ1) is 15.9. The molecule has 0 bridgehead atoms. The fourth-order valence-corrected chi connectivity index (χ4v) is 2.66. The minimum absolute atomic E-state index is 0.0961. The molecule has 122 valence electrons. The van der Waals surface area contributed by atoms with Gasteiger partial charge in [-0.25, -0.2) is 4.39 Å². The molecule has 1 aliphatic rings. The van der Waals surface area contributed by atoms with Crippen LogP contribution in [0.2, 0.25) is 5.02 Å². The Bertz CT molecular complexity index is 701. The smallest absolute Gasteiger partial charge is 0.246 e. The van der Waals surface area contributed by atoms with Crippen molar-refractivity contribution in [3.05, 3.63) is 46.4 Å². The zero-order chi connectivity index (χ0) is 16.4. The molecule has 0 saturated carbocycles. The number of rotatable bonds is 3. The van der Waals surface area contributed by atoms with Crippen LogP contribution in [-0.2, 0) is 16.0 Å². The van der Waals surface area contributed by atoms with E-state index in [0.29, 0.717) is 24.9 Å². The first-order chi connectivity index (χ1) is 11.0. The molecule has 1 fully saturated rings. The zero-order valence-corrected chi connectivity index (χ0v) is 13.2. The number of hydrogen-bond donors (Lipinski definition) is 0. The molecule has 0 N–H and O–H groups in total. The molecule has 1 unspecified atom stereocenters. The molecular weight excluding hydrogens is 325 g/mol. The highest BCUT2D eigenvalue weighted by Crippen LogP contribution is 2.24. The van der Waals surface area contributed by atoms with Crippen LogP contribution in [0.15, 0.2) is 22.6 Å². The average Bonchev–Trinajstić information content (AvgIpc) is 2.97. The van der Waals surface area contributed by atoms with E-state index in [1.54, 1.807) is 17.9 Å². The van der Waals surface area contributed by atoms with Crippen LogP contribution in [0.3, 0.4) is 0 Å². The molecule has 1 aromatic carbocycles. The molecule has 23 heavy (non-hydrogen) atoms. The van der Waals surface area contributed by atoms with E-state index in [0.717, 1.165) is 0 Å². The molecule has 1 atom stereocenters. The van der Waals surface area contributed by atoms with E-state index in [2.05, 4.69) is 10.2 Å². The number of amides is 1. The molecule has 8 heteroatoms. The van der Waals surface area contributed by atoms with Gasteiger partial charge < -0.3 is 14.1 Å². The highest BCUT2D eigenvalue weighted by molar-refractivity contribution is 6.31. The van der Waals surface area contributed by atoms with Crippen molar-refractivity contribution >= 4 is 17.5 Å². The normalized spacial score (nSPS) is 18.2. The van der Waals surface area contributed by atoms with Crippen molar-refractivity contribution < 1.29 is 18.3 Å². The second-order valence-corrected chi connectivity index (χ2v) is 5.64. The number of aryl methyl sites for hydroxylation is 1. The SMILES string of the molecule is Cc1nnc(C2CN(C(=O)Cc3c(F)cccc3Cl)CCO2)o1. The van der Waals surface area contributed by atoms with Gasteiger partial charge in [-0.05, 0) is 12.1 Å². The average molecular weight is 340 g/mol. The number of nitrogens with zero attached hydrogens (tertiary/aromatic N) is 3. The van der Waals surface area contributed by atoms with Crippen molar-refractivity contribution in [2.24, 2.45) is 0 Å². The Labute approximate surface area is 137 Å². The Morgan fingerprint density at radius 3 is 3.00 bits per heavy atom. The van der Waals surface area contributed by atoms with Crippen LogP contribution in [0.25, 0.3) is 0 Å². The van der Waals surface area contributed by atoms with E-state index in [1.807, 2.05) is 0 Å². The monoisotopic (exact) mass is 339 g/mol. The van der Waals surface area contributed by atoms with Crippen molar-refractivity contribution in [3.8, 4) is 0 Å². The zero-order valence-electron chi connectivity index (χ0n) is 12.5. The van der Waals surface area contributed by atoms with Crippen LogP contribution in [0.4, 0.5) is 4.39 Å². The largest absolute Gasteiger partial charge is 0.423 e. The molecule has 1 aliphatic heterocycles. The Morgan fingerprint density at radius 2 is 2.30 bits per heavy atom. The number of aromatic nitrogens is 2. The Balaban J connectivity index is 1.70. The van der Waals surface area contributed by atoms with Crippen molar-refractivity contribution in [3.63, 3.8) is 0 Å². The summed E-state index contributed by atoms with van der Waals surface area (Å²) in [5.41, 5.74) is 0.204. The lowest BCUT2D eigenvalue weighted by atomic mass is 10.1. The molecule has 1 amide bonds. The van der Waals surface area contributed by atoms with Crippen LogP contribution in [0, 0.1) is 12.7 Å². The predicted octanol–water partition coefficient (Wildman–Crippen LogP) is 2.31. The van der Waals surface area contributed by atoms with Gasteiger partial charge in [0.05, 0.1) is 19.6 Å². The maximum atomic E-state index is 13.8. The third-order valence-electron chi connectivity index (χ3n) is 3.63. The van der Waals surface area contributed by atoms with Gasteiger partial charge >= 0.3 is 0 Å². The summed E-state index contributed by atoms with van der Waals surface area (Å²) in [4.78, 5) is 14.0. The van der Waals surface area contributed by atoms with Gasteiger partial charge in [-0.2, -0.15) is 0 Å². The first-order valence-corrected chi connectivity index (χ1v) is 7.54. The maximum Gasteiger partial charge on any atom is 0.246 e. The van der Waals surface area contributed by atoms with Crippen molar-refractivity contribution in [1.29, 1.82) is 0 Å². The Kier molecular flexibility index (Phi) is 4.58. The molecule has 2 aromatic rings. The van der Waals surface area contributed by atoms with Gasteiger partial charge in [0.2, 0.25) is 17.7 Å². The van der Waals surface area contributed by atoms with Crippen LogP contribution in [0.5, 0.6) is 0 Å². The van der Waals surface area contributed by atoms with Crippen LogP contribution in [-0.4, -0.2) is 40.7 Å². The minimum Gasteiger partial charge on any atom is -0.423 e. The van der Waals surface area contributed by atoms with Gasteiger partial charge in [-0.3, -0.25) is 4.79 Å². The maximum absolute atomic E-state index is 13.8. The third-order valence-corrected chi connectivity index (χ3v) is 3.98. The van der Waals surface area contributed by atoms with Gasteiger partial charge in [-0.15, -0.1) is 10.2 Å². The summed E-state index contributed by atoms with van der Waals surface area (Å²) < 4.78 is 24.7. The lowest BCUT2D eigenvalue weighted by molar-refractivity contribution is -0.139. The van der Waals surface area contributed by atoms with E-state index in [-0.39, 0.29) is 29.5 Å². The molecule has 0 aliphatic carbocycles. The fourth-order valence-electron chi connectivity index (χ4n) is 2.43. The highest BCUT2D eigenvalue weighted by Gasteiger charge is 2.29. The van der Waals surface area contributed by atoms with Crippen LogP contribution in [0.1, 0.15) is 23.4 Å². The highest BCUT2D eigenvalue weighted by atomic mass is 35.5. The van der Waals surface area contributed by atoms with E-state index < -0.39 is 11.9 Å². The fraction of sp³-hybridized carbons (Fsp3) is 0.400. The standard InChI is InChI=1S/C15H15ClFN3O3/c1-9-18-19-15(23-9)13-8-20(5-6-22-13)14(21)7-10-11(16)3-2-4-12(10)17/h2-4,13H,5-8H2,1H3. The van der Waals surface area contributed by atoms with Gasteiger partial charge in [0.25, 0.3) is 0 Å².